The third-order valence-corrected chi connectivity index (χ3v) is 5.05. The van der Waals surface area contributed by atoms with E-state index in [0.29, 0.717) is 18.4 Å². The summed E-state index contributed by atoms with van der Waals surface area (Å²) < 4.78 is 7.30. The van der Waals surface area contributed by atoms with Crippen LogP contribution in [0.5, 0.6) is 0 Å². The number of rotatable bonds is 5. The summed E-state index contributed by atoms with van der Waals surface area (Å²) >= 11 is 0. The molecule has 2 saturated heterocycles. The zero-order valence-electron chi connectivity index (χ0n) is 14.8. The average molecular weight is 356 g/mol. The van der Waals surface area contributed by atoms with Gasteiger partial charge < -0.3 is 15.0 Å². The van der Waals surface area contributed by atoms with Gasteiger partial charge in [-0.05, 0) is 25.3 Å². The highest BCUT2D eigenvalue weighted by molar-refractivity contribution is 5.92. The first kappa shape index (κ1) is 17.0. The monoisotopic (exact) mass is 356 g/mol. The Morgan fingerprint density at radius 2 is 2.15 bits per heavy atom. The molecule has 8 heteroatoms. The summed E-state index contributed by atoms with van der Waals surface area (Å²) in [7, 11) is 0. The van der Waals surface area contributed by atoms with Crippen LogP contribution in [-0.2, 0) is 16.1 Å². The van der Waals surface area contributed by atoms with Gasteiger partial charge >= 0.3 is 0 Å². The van der Waals surface area contributed by atoms with Crippen molar-refractivity contribution in [2.24, 2.45) is 11.8 Å². The average Bonchev–Trinajstić information content (AvgIpc) is 3.35. The van der Waals surface area contributed by atoms with Gasteiger partial charge in [-0.2, -0.15) is 5.10 Å². The van der Waals surface area contributed by atoms with E-state index < -0.39 is 0 Å². The van der Waals surface area contributed by atoms with Crippen LogP contribution < -0.4 is 10.2 Å². The van der Waals surface area contributed by atoms with Gasteiger partial charge in [0, 0.05) is 50.6 Å². The van der Waals surface area contributed by atoms with E-state index in [1.54, 1.807) is 24.7 Å². The Balaban J connectivity index is 1.38. The molecule has 2 aliphatic heterocycles. The molecule has 0 saturated carbocycles. The molecule has 8 nitrogen and oxygen atoms in total. The van der Waals surface area contributed by atoms with Crippen molar-refractivity contribution in [1.29, 1.82) is 0 Å². The van der Waals surface area contributed by atoms with Gasteiger partial charge in [-0.1, -0.05) is 0 Å². The van der Waals surface area contributed by atoms with E-state index in [4.69, 9.17) is 4.74 Å². The normalized spacial score (nSPS) is 23.2. The zero-order chi connectivity index (χ0) is 17.8. The fraction of sp³-hybridized carbons (Fsp3) is 0.556. The lowest BCUT2D eigenvalue weighted by Gasteiger charge is -2.31. The fourth-order valence-corrected chi connectivity index (χ4v) is 3.61. The second-order valence-corrected chi connectivity index (χ2v) is 6.95. The number of carbonyl (C=O) groups is 1. The Labute approximate surface area is 152 Å². The summed E-state index contributed by atoms with van der Waals surface area (Å²) in [6.45, 7) is 3.88. The second kappa shape index (κ2) is 7.82. The van der Waals surface area contributed by atoms with Crippen molar-refractivity contribution < 1.29 is 9.53 Å². The standard InChI is InChI=1S/C18H24N6O2/c25-17(15-3-1-9-23(12-15)18-19-6-2-7-20-18)22-16-4-8-21-24(16)11-14-5-10-26-13-14/h2,4,6-8,14-15H,1,3,5,9-13H2,(H,22,25)/t14-,15+/m1/s1. The van der Waals surface area contributed by atoms with Crippen LogP contribution in [0.1, 0.15) is 19.3 Å². The van der Waals surface area contributed by atoms with E-state index in [2.05, 4.69) is 25.3 Å². The molecule has 2 atom stereocenters. The summed E-state index contributed by atoms with van der Waals surface area (Å²) in [5.41, 5.74) is 0. The van der Waals surface area contributed by atoms with Gasteiger partial charge in [0.05, 0.1) is 18.7 Å². The highest BCUT2D eigenvalue weighted by Crippen LogP contribution is 2.22. The number of ether oxygens (including phenoxy) is 1. The number of nitrogens with zero attached hydrogens (tertiary/aromatic N) is 5. The van der Waals surface area contributed by atoms with Gasteiger partial charge in [-0.15, -0.1) is 0 Å². The van der Waals surface area contributed by atoms with Crippen LogP contribution in [0.4, 0.5) is 11.8 Å². The van der Waals surface area contributed by atoms with Gasteiger partial charge in [-0.3, -0.25) is 4.79 Å². The van der Waals surface area contributed by atoms with Crippen LogP contribution in [0, 0.1) is 11.8 Å². The molecule has 1 amide bonds. The van der Waals surface area contributed by atoms with Gasteiger partial charge in [0.15, 0.2) is 0 Å². The molecule has 2 fully saturated rings. The molecule has 4 heterocycles. The lowest BCUT2D eigenvalue weighted by atomic mass is 9.97. The highest BCUT2D eigenvalue weighted by Gasteiger charge is 2.28. The lowest BCUT2D eigenvalue weighted by molar-refractivity contribution is -0.120. The zero-order valence-corrected chi connectivity index (χ0v) is 14.8. The molecular formula is C18H24N6O2. The van der Waals surface area contributed by atoms with E-state index in [-0.39, 0.29) is 11.8 Å². The summed E-state index contributed by atoms with van der Waals surface area (Å²) in [4.78, 5) is 23.5. The molecule has 0 spiro atoms. The number of aromatic nitrogens is 4. The fourth-order valence-electron chi connectivity index (χ4n) is 3.61. The minimum atomic E-state index is -0.0780. The number of anilines is 2. The summed E-state index contributed by atoms with van der Waals surface area (Å²) in [5.74, 6) is 1.87. The van der Waals surface area contributed by atoms with Crippen molar-refractivity contribution >= 4 is 17.7 Å². The van der Waals surface area contributed by atoms with E-state index >= 15 is 0 Å². The second-order valence-electron chi connectivity index (χ2n) is 6.95. The molecule has 138 valence electrons. The topological polar surface area (TPSA) is 85.2 Å². The maximum Gasteiger partial charge on any atom is 0.230 e. The molecule has 0 radical (unpaired) electrons. The van der Waals surface area contributed by atoms with E-state index in [1.165, 1.54) is 0 Å². The molecule has 1 N–H and O–H groups in total. The maximum atomic E-state index is 12.8. The van der Waals surface area contributed by atoms with E-state index in [0.717, 1.165) is 51.4 Å². The smallest absolute Gasteiger partial charge is 0.230 e. The summed E-state index contributed by atoms with van der Waals surface area (Å²) in [5, 5.41) is 7.42. The summed E-state index contributed by atoms with van der Waals surface area (Å²) in [6.07, 6.45) is 8.07. The molecule has 26 heavy (non-hydrogen) atoms. The molecule has 2 aromatic rings. The first-order valence-electron chi connectivity index (χ1n) is 9.22. The lowest BCUT2D eigenvalue weighted by Crippen LogP contribution is -2.41. The van der Waals surface area contributed by atoms with Gasteiger partial charge in [0.2, 0.25) is 11.9 Å². The van der Waals surface area contributed by atoms with Crippen LogP contribution in [0.15, 0.2) is 30.7 Å². The van der Waals surface area contributed by atoms with Crippen molar-refractivity contribution in [1.82, 2.24) is 19.7 Å². The first-order valence-corrected chi connectivity index (χ1v) is 9.22. The number of hydrogen-bond donors (Lipinski definition) is 1. The van der Waals surface area contributed by atoms with Crippen LogP contribution in [0.25, 0.3) is 0 Å². The minimum absolute atomic E-state index is 0.0371. The molecule has 0 bridgehead atoms. The van der Waals surface area contributed by atoms with Crippen molar-refractivity contribution in [2.45, 2.75) is 25.8 Å². The Hall–Kier alpha value is -2.48. The Kier molecular flexibility index (Phi) is 5.10. The Bertz CT molecular complexity index is 728. The van der Waals surface area contributed by atoms with Crippen molar-refractivity contribution in [3.05, 3.63) is 30.7 Å². The van der Waals surface area contributed by atoms with E-state index in [1.807, 2.05) is 10.7 Å². The first-order chi connectivity index (χ1) is 12.8. The molecule has 2 aliphatic rings. The highest BCUT2D eigenvalue weighted by atomic mass is 16.5. The minimum Gasteiger partial charge on any atom is -0.381 e. The van der Waals surface area contributed by atoms with Crippen molar-refractivity contribution in [3.63, 3.8) is 0 Å². The van der Waals surface area contributed by atoms with Crippen LogP contribution >= 0.6 is 0 Å². The van der Waals surface area contributed by atoms with Crippen molar-refractivity contribution in [2.75, 3.05) is 36.5 Å². The number of carbonyl (C=O) groups excluding carboxylic acids is 1. The molecule has 2 aromatic heterocycles. The van der Waals surface area contributed by atoms with Crippen LogP contribution in [0.3, 0.4) is 0 Å². The number of nitrogens with one attached hydrogen (secondary N) is 1. The van der Waals surface area contributed by atoms with E-state index in [9.17, 15) is 4.79 Å². The predicted molar refractivity (Wildman–Crippen MR) is 96.8 cm³/mol. The molecule has 0 aliphatic carbocycles. The molecular weight excluding hydrogens is 332 g/mol. The molecule has 4 rings (SSSR count). The SMILES string of the molecule is O=C(Nc1ccnn1C[C@H]1CCOC1)[C@H]1CCCN(c2ncccn2)C1. The Morgan fingerprint density at radius 1 is 1.27 bits per heavy atom. The number of hydrogen-bond acceptors (Lipinski definition) is 6. The quantitative estimate of drug-likeness (QED) is 0.875. The number of piperidine rings is 1. The van der Waals surface area contributed by atoms with Crippen LogP contribution in [-0.4, -0.2) is 52.0 Å². The van der Waals surface area contributed by atoms with Gasteiger partial charge in [-0.25, -0.2) is 14.6 Å². The predicted octanol–water partition coefficient (Wildman–Crippen LogP) is 1.56. The largest absolute Gasteiger partial charge is 0.381 e. The van der Waals surface area contributed by atoms with Gasteiger partial charge in [0.25, 0.3) is 0 Å². The Morgan fingerprint density at radius 3 is 2.96 bits per heavy atom. The molecule has 0 unspecified atom stereocenters. The van der Waals surface area contributed by atoms with Crippen molar-refractivity contribution in [3.8, 4) is 0 Å². The van der Waals surface area contributed by atoms with Gasteiger partial charge in [0.1, 0.15) is 5.82 Å². The van der Waals surface area contributed by atoms with Crippen LogP contribution in [0.2, 0.25) is 0 Å². The maximum absolute atomic E-state index is 12.8. The molecule has 0 aromatic carbocycles. The third-order valence-electron chi connectivity index (χ3n) is 5.05. The summed E-state index contributed by atoms with van der Waals surface area (Å²) in [6, 6.07) is 3.66. The number of amides is 1. The third kappa shape index (κ3) is 3.85.